The van der Waals surface area contributed by atoms with Gasteiger partial charge in [0, 0.05) is 5.69 Å². The van der Waals surface area contributed by atoms with Gasteiger partial charge >= 0.3 is 0 Å². The van der Waals surface area contributed by atoms with E-state index >= 15 is 0 Å². The predicted octanol–water partition coefficient (Wildman–Crippen LogP) is 2.28. The summed E-state index contributed by atoms with van der Waals surface area (Å²) in [7, 11) is 0. The molecule has 0 unspecified atom stereocenters. The molecule has 2 rings (SSSR count). The summed E-state index contributed by atoms with van der Waals surface area (Å²) in [6, 6.07) is 4.40. The van der Waals surface area contributed by atoms with Gasteiger partial charge in [0.2, 0.25) is 5.91 Å². The lowest BCUT2D eigenvalue weighted by molar-refractivity contribution is -0.117. The molecule has 0 spiro atoms. The second kappa shape index (κ2) is 4.93. The van der Waals surface area contributed by atoms with Gasteiger partial charge in [-0.25, -0.2) is 4.39 Å². The Bertz CT molecular complexity index is 405. The van der Waals surface area contributed by atoms with E-state index in [0.717, 1.165) is 19.4 Å². The third-order valence-corrected chi connectivity index (χ3v) is 3.21. The molecule has 0 bridgehead atoms. The van der Waals surface area contributed by atoms with Crippen LogP contribution in [-0.4, -0.2) is 18.5 Å². The summed E-state index contributed by atoms with van der Waals surface area (Å²) in [5, 5.41) is 5.78. The van der Waals surface area contributed by atoms with Crippen LogP contribution >= 0.6 is 15.9 Å². The van der Waals surface area contributed by atoms with E-state index in [2.05, 4.69) is 26.6 Å². The number of halogens is 2. The lowest BCUT2D eigenvalue weighted by Crippen LogP contribution is -2.35. The fourth-order valence-electron chi connectivity index (χ4n) is 1.71. The van der Waals surface area contributed by atoms with Gasteiger partial charge in [-0.2, -0.15) is 0 Å². The Morgan fingerprint density at radius 1 is 1.56 bits per heavy atom. The van der Waals surface area contributed by atoms with Crippen molar-refractivity contribution >= 4 is 27.5 Å². The average molecular weight is 287 g/mol. The van der Waals surface area contributed by atoms with Gasteiger partial charge in [0.05, 0.1) is 10.5 Å². The van der Waals surface area contributed by atoms with Gasteiger partial charge in [-0.1, -0.05) is 0 Å². The van der Waals surface area contributed by atoms with E-state index in [9.17, 15) is 9.18 Å². The number of carbonyl (C=O) groups is 1. The molecule has 16 heavy (non-hydrogen) atoms. The van der Waals surface area contributed by atoms with Crippen molar-refractivity contribution in [1.82, 2.24) is 5.32 Å². The number of anilines is 1. The number of amides is 1. The van der Waals surface area contributed by atoms with Gasteiger partial charge in [-0.15, -0.1) is 0 Å². The van der Waals surface area contributed by atoms with Gasteiger partial charge in [-0.3, -0.25) is 4.79 Å². The van der Waals surface area contributed by atoms with Crippen molar-refractivity contribution in [3.8, 4) is 0 Å². The molecule has 0 aromatic heterocycles. The zero-order valence-corrected chi connectivity index (χ0v) is 10.2. The lowest BCUT2D eigenvalue weighted by Gasteiger charge is -2.11. The Morgan fingerprint density at radius 2 is 2.38 bits per heavy atom. The third kappa shape index (κ3) is 2.59. The molecule has 0 saturated carbocycles. The summed E-state index contributed by atoms with van der Waals surface area (Å²) >= 11 is 3.06. The van der Waals surface area contributed by atoms with Gasteiger partial charge in [0.15, 0.2) is 0 Å². The number of nitrogens with one attached hydrogen (secondary N) is 2. The van der Waals surface area contributed by atoms with Gasteiger partial charge < -0.3 is 10.6 Å². The minimum atomic E-state index is -0.378. The van der Waals surface area contributed by atoms with E-state index in [1.165, 1.54) is 6.07 Å². The summed E-state index contributed by atoms with van der Waals surface area (Å²) in [6.45, 7) is 0.868. The van der Waals surface area contributed by atoms with Gasteiger partial charge in [-0.05, 0) is 53.5 Å². The fourth-order valence-corrected chi connectivity index (χ4v) is 1.96. The molecule has 1 aliphatic heterocycles. The summed E-state index contributed by atoms with van der Waals surface area (Å²) in [5.41, 5.74) is 0.486. The summed E-state index contributed by atoms with van der Waals surface area (Å²) in [4.78, 5) is 11.7. The Labute approximate surface area is 102 Å². The van der Waals surface area contributed by atoms with Gasteiger partial charge in [0.25, 0.3) is 0 Å². The molecule has 1 heterocycles. The summed E-state index contributed by atoms with van der Waals surface area (Å²) < 4.78 is 13.6. The Morgan fingerprint density at radius 3 is 3.00 bits per heavy atom. The first-order valence-corrected chi connectivity index (χ1v) is 5.95. The van der Waals surface area contributed by atoms with Crippen LogP contribution in [0.15, 0.2) is 22.7 Å². The molecule has 1 atom stereocenters. The van der Waals surface area contributed by atoms with Crippen LogP contribution in [-0.2, 0) is 4.79 Å². The standard InChI is InChI=1S/C11H12BrFN2O/c12-8-4-3-7(6-9(8)13)15-11(16)10-2-1-5-14-10/h3-4,6,10,14H,1-2,5H2,(H,15,16)/t10-/m1/s1. The predicted molar refractivity (Wildman–Crippen MR) is 63.8 cm³/mol. The molecule has 1 aliphatic rings. The maximum absolute atomic E-state index is 13.2. The number of hydrogen-bond donors (Lipinski definition) is 2. The molecule has 1 aromatic rings. The highest BCUT2D eigenvalue weighted by Gasteiger charge is 2.21. The van der Waals surface area contributed by atoms with Crippen LogP contribution in [0.25, 0.3) is 0 Å². The number of rotatable bonds is 2. The van der Waals surface area contributed by atoms with E-state index in [0.29, 0.717) is 10.2 Å². The van der Waals surface area contributed by atoms with Crippen molar-refractivity contribution in [1.29, 1.82) is 0 Å². The summed E-state index contributed by atoms with van der Waals surface area (Å²) in [5.74, 6) is -0.476. The maximum Gasteiger partial charge on any atom is 0.241 e. The van der Waals surface area contributed by atoms with Crippen molar-refractivity contribution in [3.05, 3.63) is 28.5 Å². The molecule has 0 aliphatic carbocycles. The second-order valence-corrected chi connectivity index (χ2v) is 4.62. The first-order chi connectivity index (χ1) is 7.66. The highest BCUT2D eigenvalue weighted by molar-refractivity contribution is 9.10. The van der Waals surface area contributed by atoms with Crippen molar-refractivity contribution < 1.29 is 9.18 Å². The first-order valence-electron chi connectivity index (χ1n) is 5.16. The minimum absolute atomic E-state index is 0.0979. The molecule has 1 saturated heterocycles. The van der Waals surface area contributed by atoms with Gasteiger partial charge in [0.1, 0.15) is 5.82 Å². The Balaban J connectivity index is 2.02. The van der Waals surface area contributed by atoms with Crippen molar-refractivity contribution in [2.24, 2.45) is 0 Å². The highest BCUT2D eigenvalue weighted by Crippen LogP contribution is 2.19. The first kappa shape index (κ1) is 11.5. The van der Waals surface area contributed by atoms with Crippen molar-refractivity contribution in [3.63, 3.8) is 0 Å². The molecule has 0 radical (unpaired) electrons. The zero-order chi connectivity index (χ0) is 11.5. The lowest BCUT2D eigenvalue weighted by atomic mass is 10.2. The van der Waals surface area contributed by atoms with Crippen LogP contribution in [0.5, 0.6) is 0 Å². The second-order valence-electron chi connectivity index (χ2n) is 3.77. The fraction of sp³-hybridized carbons (Fsp3) is 0.364. The molecule has 3 nitrogen and oxygen atoms in total. The SMILES string of the molecule is O=C(Nc1ccc(Br)c(F)c1)[C@H]1CCCN1. The monoisotopic (exact) mass is 286 g/mol. The van der Waals surface area contributed by atoms with E-state index in [1.807, 2.05) is 0 Å². The molecule has 1 aromatic carbocycles. The van der Waals surface area contributed by atoms with E-state index < -0.39 is 0 Å². The van der Waals surface area contributed by atoms with Crippen molar-refractivity contribution in [2.75, 3.05) is 11.9 Å². The molecule has 1 fully saturated rings. The van der Waals surface area contributed by atoms with Crippen LogP contribution < -0.4 is 10.6 Å². The molecular formula is C11H12BrFN2O. The zero-order valence-electron chi connectivity index (χ0n) is 8.59. The Hall–Kier alpha value is -0.940. The maximum atomic E-state index is 13.2. The van der Waals surface area contributed by atoms with E-state index in [-0.39, 0.29) is 17.8 Å². The van der Waals surface area contributed by atoms with Crippen LogP contribution in [0.4, 0.5) is 10.1 Å². The average Bonchev–Trinajstić information content (AvgIpc) is 2.77. The molecular weight excluding hydrogens is 275 g/mol. The van der Waals surface area contributed by atoms with Crippen LogP contribution in [0.1, 0.15) is 12.8 Å². The molecule has 2 N–H and O–H groups in total. The molecule has 5 heteroatoms. The number of hydrogen-bond acceptors (Lipinski definition) is 2. The van der Waals surface area contributed by atoms with E-state index in [1.54, 1.807) is 12.1 Å². The normalized spacial score (nSPS) is 19.8. The molecule has 86 valence electrons. The van der Waals surface area contributed by atoms with Crippen LogP contribution in [0.2, 0.25) is 0 Å². The quantitative estimate of drug-likeness (QED) is 0.876. The van der Waals surface area contributed by atoms with Crippen LogP contribution in [0.3, 0.4) is 0 Å². The van der Waals surface area contributed by atoms with E-state index in [4.69, 9.17) is 0 Å². The molecule has 1 amide bonds. The third-order valence-electron chi connectivity index (χ3n) is 2.56. The minimum Gasteiger partial charge on any atom is -0.325 e. The number of carbonyl (C=O) groups excluding carboxylic acids is 1. The topological polar surface area (TPSA) is 41.1 Å². The number of benzene rings is 1. The smallest absolute Gasteiger partial charge is 0.241 e. The summed E-state index contributed by atoms with van der Waals surface area (Å²) in [6.07, 6.45) is 1.84. The van der Waals surface area contributed by atoms with Crippen molar-refractivity contribution in [2.45, 2.75) is 18.9 Å². The highest BCUT2D eigenvalue weighted by atomic mass is 79.9. The largest absolute Gasteiger partial charge is 0.325 e. The van der Waals surface area contributed by atoms with Crippen LogP contribution in [0, 0.1) is 5.82 Å². The Kier molecular flexibility index (Phi) is 3.56.